The van der Waals surface area contributed by atoms with Gasteiger partial charge in [-0.3, -0.25) is 11.3 Å². The van der Waals surface area contributed by atoms with Gasteiger partial charge in [0.2, 0.25) is 0 Å². The minimum Gasteiger partial charge on any atom is -0.271 e. The molecule has 0 aromatic heterocycles. The lowest BCUT2D eigenvalue weighted by Gasteiger charge is -2.36. The summed E-state index contributed by atoms with van der Waals surface area (Å²) >= 11 is 0. The van der Waals surface area contributed by atoms with Crippen LogP contribution in [0.2, 0.25) is 0 Å². The Labute approximate surface area is 109 Å². The van der Waals surface area contributed by atoms with Gasteiger partial charge in [-0.2, -0.15) is 0 Å². The third-order valence-corrected chi connectivity index (χ3v) is 4.53. The molecule has 3 N–H and O–H groups in total. The molecule has 18 heavy (non-hydrogen) atoms. The summed E-state index contributed by atoms with van der Waals surface area (Å²) in [4.78, 5) is 0. The molecule has 2 nitrogen and oxygen atoms in total. The summed E-state index contributed by atoms with van der Waals surface area (Å²) in [6.07, 6.45) is 3.44. The van der Waals surface area contributed by atoms with Gasteiger partial charge in [-0.05, 0) is 36.7 Å². The van der Waals surface area contributed by atoms with Crippen LogP contribution in [0.5, 0.6) is 0 Å². The molecule has 1 aromatic carbocycles. The van der Waals surface area contributed by atoms with E-state index in [0.717, 1.165) is 18.8 Å². The van der Waals surface area contributed by atoms with Crippen LogP contribution in [0.15, 0.2) is 24.3 Å². The Morgan fingerprint density at radius 3 is 2.56 bits per heavy atom. The van der Waals surface area contributed by atoms with Gasteiger partial charge in [0.05, 0.1) is 6.04 Å². The average Bonchev–Trinajstić information content (AvgIpc) is 2.37. The van der Waals surface area contributed by atoms with Crippen molar-refractivity contribution in [3.63, 3.8) is 0 Å². The maximum Gasteiger partial charge on any atom is 0.128 e. The zero-order valence-corrected chi connectivity index (χ0v) is 11.2. The molecule has 100 valence electrons. The molecule has 4 unspecified atom stereocenters. The lowest BCUT2D eigenvalue weighted by Crippen LogP contribution is -2.37. The summed E-state index contributed by atoms with van der Waals surface area (Å²) < 4.78 is 13.9. The third kappa shape index (κ3) is 2.73. The van der Waals surface area contributed by atoms with Crippen LogP contribution >= 0.6 is 0 Å². The Morgan fingerprint density at radius 2 is 1.94 bits per heavy atom. The third-order valence-electron chi connectivity index (χ3n) is 4.53. The molecule has 0 spiro atoms. The second-order valence-electron chi connectivity index (χ2n) is 5.69. The largest absolute Gasteiger partial charge is 0.271 e. The highest BCUT2D eigenvalue weighted by Crippen LogP contribution is 2.39. The van der Waals surface area contributed by atoms with Crippen LogP contribution in [0.4, 0.5) is 4.39 Å². The van der Waals surface area contributed by atoms with Crippen molar-refractivity contribution in [2.75, 3.05) is 0 Å². The summed E-state index contributed by atoms with van der Waals surface area (Å²) in [5.41, 5.74) is 3.52. The molecule has 2 rings (SSSR count). The van der Waals surface area contributed by atoms with E-state index in [9.17, 15) is 4.39 Å². The number of halogens is 1. The molecular formula is C15H23FN2. The van der Waals surface area contributed by atoms with Crippen molar-refractivity contribution in [3.05, 3.63) is 35.6 Å². The van der Waals surface area contributed by atoms with Crippen molar-refractivity contribution in [3.8, 4) is 0 Å². The van der Waals surface area contributed by atoms with Crippen molar-refractivity contribution >= 4 is 0 Å². The number of hydrogen-bond acceptors (Lipinski definition) is 2. The van der Waals surface area contributed by atoms with Crippen LogP contribution in [0, 0.1) is 23.6 Å². The Morgan fingerprint density at radius 1 is 1.22 bits per heavy atom. The molecule has 1 aliphatic rings. The van der Waals surface area contributed by atoms with Crippen molar-refractivity contribution in [1.29, 1.82) is 0 Å². The molecular weight excluding hydrogens is 227 g/mol. The van der Waals surface area contributed by atoms with Crippen molar-refractivity contribution in [2.24, 2.45) is 23.6 Å². The van der Waals surface area contributed by atoms with E-state index in [1.165, 1.54) is 12.5 Å². The van der Waals surface area contributed by atoms with Crippen LogP contribution in [0.1, 0.15) is 44.7 Å². The highest BCUT2D eigenvalue weighted by molar-refractivity contribution is 5.22. The second kappa shape index (κ2) is 5.81. The fraction of sp³-hybridized carbons (Fsp3) is 0.600. The molecule has 1 fully saturated rings. The van der Waals surface area contributed by atoms with Gasteiger partial charge in [-0.15, -0.1) is 0 Å². The van der Waals surface area contributed by atoms with Crippen LogP contribution in [-0.2, 0) is 0 Å². The number of nitrogens with one attached hydrogen (secondary N) is 1. The summed E-state index contributed by atoms with van der Waals surface area (Å²) in [5.74, 6) is 7.39. The van der Waals surface area contributed by atoms with Gasteiger partial charge in [0.1, 0.15) is 5.82 Å². The Bertz CT molecular complexity index is 394. The van der Waals surface area contributed by atoms with Gasteiger partial charge in [0.25, 0.3) is 0 Å². The summed E-state index contributed by atoms with van der Waals surface area (Å²) in [6, 6.07) is 6.87. The number of benzene rings is 1. The molecule has 1 aromatic rings. The van der Waals surface area contributed by atoms with E-state index in [1.807, 2.05) is 12.1 Å². The molecule has 0 heterocycles. The summed E-state index contributed by atoms with van der Waals surface area (Å²) in [5, 5.41) is 0. The number of hydrazine groups is 1. The monoisotopic (exact) mass is 250 g/mol. The first-order valence-corrected chi connectivity index (χ1v) is 6.84. The number of nitrogens with two attached hydrogens (primary N) is 1. The fourth-order valence-corrected chi connectivity index (χ4v) is 3.10. The first-order valence-electron chi connectivity index (χ1n) is 6.84. The SMILES string of the molecule is CC1CCC(C(NN)c2ccccc2F)CC1C. The van der Waals surface area contributed by atoms with Crippen LogP contribution in [0.3, 0.4) is 0 Å². The Kier molecular flexibility index (Phi) is 4.36. The number of hydrogen-bond donors (Lipinski definition) is 2. The van der Waals surface area contributed by atoms with E-state index in [4.69, 9.17) is 5.84 Å². The van der Waals surface area contributed by atoms with Crippen LogP contribution < -0.4 is 11.3 Å². The molecule has 3 heteroatoms. The predicted molar refractivity (Wildman–Crippen MR) is 72.1 cm³/mol. The van der Waals surface area contributed by atoms with Crippen molar-refractivity contribution in [1.82, 2.24) is 5.43 Å². The van der Waals surface area contributed by atoms with E-state index in [0.29, 0.717) is 17.4 Å². The molecule has 0 bridgehead atoms. The van der Waals surface area contributed by atoms with Crippen LogP contribution in [0.25, 0.3) is 0 Å². The molecule has 0 radical (unpaired) electrons. The van der Waals surface area contributed by atoms with Gasteiger partial charge >= 0.3 is 0 Å². The molecule has 0 saturated heterocycles. The standard InChI is InChI=1S/C15H23FN2/c1-10-7-8-12(9-11(10)2)15(18-17)13-5-3-4-6-14(13)16/h3-6,10-12,15,18H,7-9,17H2,1-2H3. The molecule has 0 aliphatic heterocycles. The lowest BCUT2D eigenvalue weighted by molar-refractivity contribution is 0.169. The second-order valence-corrected chi connectivity index (χ2v) is 5.69. The molecule has 0 amide bonds. The van der Waals surface area contributed by atoms with Crippen molar-refractivity contribution < 1.29 is 4.39 Å². The van der Waals surface area contributed by atoms with E-state index >= 15 is 0 Å². The first-order chi connectivity index (χ1) is 8.63. The minimum atomic E-state index is -0.160. The number of rotatable bonds is 3. The van der Waals surface area contributed by atoms with Crippen LogP contribution in [-0.4, -0.2) is 0 Å². The van der Waals surface area contributed by atoms with E-state index in [2.05, 4.69) is 19.3 Å². The predicted octanol–water partition coefficient (Wildman–Crippen LogP) is 3.40. The van der Waals surface area contributed by atoms with Gasteiger partial charge in [-0.25, -0.2) is 4.39 Å². The zero-order chi connectivity index (χ0) is 13.1. The quantitative estimate of drug-likeness (QED) is 0.637. The highest BCUT2D eigenvalue weighted by Gasteiger charge is 2.31. The molecule has 1 saturated carbocycles. The van der Waals surface area contributed by atoms with Gasteiger partial charge in [0.15, 0.2) is 0 Å². The van der Waals surface area contributed by atoms with Gasteiger partial charge in [-0.1, -0.05) is 38.5 Å². The Balaban J connectivity index is 2.17. The maximum absolute atomic E-state index is 13.9. The maximum atomic E-state index is 13.9. The Hall–Kier alpha value is -0.930. The van der Waals surface area contributed by atoms with E-state index < -0.39 is 0 Å². The normalized spacial score (nSPS) is 30.1. The smallest absolute Gasteiger partial charge is 0.128 e. The summed E-state index contributed by atoms with van der Waals surface area (Å²) in [7, 11) is 0. The zero-order valence-electron chi connectivity index (χ0n) is 11.2. The van der Waals surface area contributed by atoms with Crippen molar-refractivity contribution in [2.45, 2.75) is 39.2 Å². The molecule has 4 atom stereocenters. The lowest BCUT2D eigenvalue weighted by atomic mass is 9.72. The molecule has 1 aliphatic carbocycles. The fourth-order valence-electron chi connectivity index (χ4n) is 3.10. The first kappa shape index (κ1) is 13.5. The minimum absolute atomic E-state index is 0.0684. The topological polar surface area (TPSA) is 38.0 Å². The average molecular weight is 250 g/mol. The van der Waals surface area contributed by atoms with Gasteiger partial charge in [0, 0.05) is 5.56 Å². The van der Waals surface area contributed by atoms with E-state index in [-0.39, 0.29) is 11.9 Å². The highest BCUT2D eigenvalue weighted by atomic mass is 19.1. The van der Waals surface area contributed by atoms with Gasteiger partial charge < -0.3 is 0 Å². The van der Waals surface area contributed by atoms with E-state index in [1.54, 1.807) is 6.07 Å². The summed E-state index contributed by atoms with van der Waals surface area (Å²) in [6.45, 7) is 4.58.